The van der Waals surface area contributed by atoms with E-state index in [0.717, 1.165) is 11.3 Å². The molecule has 108 valence electrons. The molecule has 1 aliphatic heterocycles. The Balaban J connectivity index is 2.21. The maximum Gasteiger partial charge on any atom is 0.239 e. The number of nitrogens with zero attached hydrogens (tertiary/aromatic N) is 1. The van der Waals surface area contributed by atoms with Gasteiger partial charge in [-0.1, -0.05) is 18.2 Å². The molecule has 2 rings (SSSR count). The summed E-state index contributed by atoms with van der Waals surface area (Å²) in [6, 6.07) is 7.59. The Bertz CT molecular complexity index is 507. The molecule has 20 heavy (non-hydrogen) atoms. The van der Waals surface area contributed by atoms with Crippen molar-refractivity contribution in [2.24, 2.45) is 0 Å². The van der Waals surface area contributed by atoms with Crippen molar-refractivity contribution in [3.05, 3.63) is 29.8 Å². The van der Waals surface area contributed by atoms with Crippen molar-refractivity contribution in [3.63, 3.8) is 0 Å². The molecule has 6 heteroatoms. The second-order valence-corrected chi connectivity index (χ2v) is 5.45. The number of carbonyl (C=O) groups excluding carboxylic acids is 2. The highest BCUT2D eigenvalue weighted by Gasteiger charge is 2.35. The van der Waals surface area contributed by atoms with Crippen LogP contribution in [0, 0.1) is 0 Å². The first-order valence-corrected chi connectivity index (χ1v) is 7.53. The molecule has 1 fully saturated rings. The molecule has 0 bridgehead atoms. The summed E-state index contributed by atoms with van der Waals surface area (Å²) in [5.74, 6) is 0.975. The number of amides is 2. The van der Waals surface area contributed by atoms with Crippen LogP contribution in [0.5, 0.6) is 5.75 Å². The summed E-state index contributed by atoms with van der Waals surface area (Å²) in [6.07, 6.45) is 0. The van der Waals surface area contributed by atoms with Gasteiger partial charge < -0.3 is 15.0 Å². The Labute approximate surface area is 122 Å². The zero-order chi connectivity index (χ0) is 14.5. The van der Waals surface area contributed by atoms with Crippen LogP contribution in [-0.4, -0.2) is 42.7 Å². The van der Waals surface area contributed by atoms with E-state index in [0.29, 0.717) is 12.3 Å². The van der Waals surface area contributed by atoms with Gasteiger partial charge in [-0.25, -0.2) is 0 Å². The number of likely N-dealkylation sites (N-methyl/N-ethyl adjacent to an activating group) is 1. The van der Waals surface area contributed by atoms with Crippen molar-refractivity contribution in [1.82, 2.24) is 10.2 Å². The molecule has 0 aromatic heterocycles. The molecular weight excluding hydrogens is 276 g/mol. The number of hydrogen-bond donors (Lipinski definition) is 1. The standard InChI is InChI=1S/C14H18N2O3S/c1-3-15-12(17)8-16-13(18)9-20-14(16)10-6-4-5-7-11(10)19-2/h4-7,14H,3,8-9H2,1-2H3,(H,15,17)/t14-/m0/s1. The SMILES string of the molecule is CCNC(=O)CN1C(=O)CS[C@H]1c1ccccc1OC. The normalized spacial score (nSPS) is 18.2. The summed E-state index contributed by atoms with van der Waals surface area (Å²) in [7, 11) is 1.61. The molecule has 0 unspecified atom stereocenters. The van der Waals surface area contributed by atoms with Crippen LogP contribution >= 0.6 is 11.8 Å². The highest BCUT2D eigenvalue weighted by molar-refractivity contribution is 8.00. The molecule has 1 aromatic carbocycles. The van der Waals surface area contributed by atoms with Crippen molar-refractivity contribution >= 4 is 23.6 Å². The fraction of sp³-hybridized carbons (Fsp3) is 0.429. The van der Waals surface area contributed by atoms with E-state index in [-0.39, 0.29) is 23.7 Å². The van der Waals surface area contributed by atoms with Gasteiger partial charge in [-0.2, -0.15) is 0 Å². The molecule has 1 N–H and O–H groups in total. The fourth-order valence-electron chi connectivity index (χ4n) is 2.16. The Kier molecular flexibility index (Phi) is 4.89. The van der Waals surface area contributed by atoms with Crippen LogP contribution in [0.3, 0.4) is 0 Å². The lowest BCUT2D eigenvalue weighted by atomic mass is 10.2. The molecule has 1 aliphatic rings. The topological polar surface area (TPSA) is 58.6 Å². The van der Waals surface area contributed by atoms with Gasteiger partial charge in [-0.3, -0.25) is 9.59 Å². The number of thioether (sulfide) groups is 1. The third-order valence-electron chi connectivity index (χ3n) is 3.06. The van der Waals surface area contributed by atoms with E-state index in [1.807, 2.05) is 31.2 Å². The van der Waals surface area contributed by atoms with Crippen LogP contribution in [0.2, 0.25) is 0 Å². The Morgan fingerprint density at radius 1 is 1.50 bits per heavy atom. The first kappa shape index (κ1) is 14.7. The minimum Gasteiger partial charge on any atom is -0.496 e. The van der Waals surface area contributed by atoms with Crippen molar-refractivity contribution in [2.75, 3.05) is 26.0 Å². The van der Waals surface area contributed by atoms with Crippen LogP contribution in [0.1, 0.15) is 17.9 Å². The van der Waals surface area contributed by atoms with E-state index in [4.69, 9.17) is 4.74 Å². The van der Waals surface area contributed by atoms with Gasteiger partial charge in [0.05, 0.1) is 12.9 Å². The molecule has 0 spiro atoms. The summed E-state index contributed by atoms with van der Waals surface area (Å²) < 4.78 is 5.34. The molecule has 1 atom stereocenters. The van der Waals surface area contributed by atoms with Gasteiger partial charge >= 0.3 is 0 Å². The van der Waals surface area contributed by atoms with Gasteiger partial charge in [0, 0.05) is 12.1 Å². The van der Waals surface area contributed by atoms with Gasteiger partial charge in [-0.15, -0.1) is 11.8 Å². The maximum atomic E-state index is 12.0. The second kappa shape index (κ2) is 6.65. The lowest BCUT2D eigenvalue weighted by Crippen LogP contribution is -2.39. The van der Waals surface area contributed by atoms with Gasteiger partial charge in [0.25, 0.3) is 0 Å². The number of rotatable bonds is 5. The average Bonchev–Trinajstić information content (AvgIpc) is 2.80. The minimum atomic E-state index is -0.166. The van der Waals surface area contributed by atoms with E-state index in [1.54, 1.807) is 12.0 Å². The number of nitrogens with one attached hydrogen (secondary N) is 1. The monoisotopic (exact) mass is 294 g/mol. The molecule has 2 amide bonds. The summed E-state index contributed by atoms with van der Waals surface area (Å²) >= 11 is 1.52. The lowest BCUT2D eigenvalue weighted by Gasteiger charge is -2.24. The maximum absolute atomic E-state index is 12.0. The van der Waals surface area contributed by atoms with E-state index in [2.05, 4.69) is 5.32 Å². The van der Waals surface area contributed by atoms with Crippen LogP contribution in [0.25, 0.3) is 0 Å². The first-order chi connectivity index (χ1) is 9.67. The number of carbonyl (C=O) groups is 2. The fourth-order valence-corrected chi connectivity index (χ4v) is 3.37. The van der Waals surface area contributed by atoms with Crippen LogP contribution in [0.4, 0.5) is 0 Å². The van der Waals surface area contributed by atoms with Crippen molar-refractivity contribution in [3.8, 4) is 5.75 Å². The third-order valence-corrected chi connectivity index (χ3v) is 4.30. The molecule has 1 saturated heterocycles. The summed E-state index contributed by atoms with van der Waals surface area (Å²) in [4.78, 5) is 25.3. The number of methoxy groups -OCH3 is 1. The van der Waals surface area contributed by atoms with E-state index < -0.39 is 0 Å². The minimum absolute atomic E-state index is 0.0165. The molecule has 1 heterocycles. The van der Waals surface area contributed by atoms with Crippen LogP contribution in [0.15, 0.2) is 24.3 Å². The number of hydrogen-bond acceptors (Lipinski definition) is 4. The van der Waals surface area contributed by atoms with Crippen molar-refractivity contribution in [2.45, 2.75) is 12.3 Å². The molecule has 5 nitrogen and oxygen atoms in total. The largest absolute Gasteiger partial charge is 0.496 e. The summed E-state index contributed by atoms with van der Waals surface area (Å²) in [5, 5.41) is 2.55. The zero-order valence-electron chi connectivity index (χ0n) is 11.6. The Hall–Kier alpha value is -1.69. The van der Waals surface area contributed by atoms with E-state index >= 15 is 0 Å². The summed E-state index contributed by atoms with van der Waals surface area (Å²) in [6.45, 7) is 2.51. The third kappa shape index (κ3) is 3.07. The van der Waals surface area contributed by atoms with E-state index in [9.17, 15) is 9.59 Å². The molecular formula is C14H18N2O3S. The van der Waals surface area contributed by atoms with Crippen molar-refractivity contribution in [1.29, 1.82) is 0 Å². The second-order valence-electron chi connectivity index (χ2n) is 4.38. The average molecular weight is 294 g/mol. The Morgan fingerprint density at radius 2 is 2.25 bits per heavy atom. The van der Waals surface area contributed by atoms with Crippen LogP contribution < -0.4 is 10.1 Å². The van der Waals surface area contributed by atoms with Gasteiger partial charge in [0.15, 0.2) is 0 Å². The predicted octanol–water partition coefficient (Wildman–Crippen LogP) is 1.41. The first-order valence-electron chi connectivity index (χ1n) is 6.48. The summed E-state index contributed by atoms with van der Waals surface area (Å²) in [5.41, 5.74) is 0.926. The van der Waals surface area contributed by atoms with Gasteiger partial charge in [0.2, 0.25) is 11.8 Å². The van der Waals surface area contributed by atoms with Gasteiger partial charge in [0.1, 0.15) is 17.7 Å². The quantitative estimate of drug-likeness (QED) is 0.892. The highest BCUT2D eigenvalue weighted by Crippen LogP contribution is 2.41. The predicted molar refractivity (Wildman–Crippen MR) is 78.6 cm³/mol. The molecule has 1 aromatic rings. The van der Waals surface area contributed by atoms with Crippen LogP contribution in [-0.2, 0) is 9.59 Å². The Morgan fingerprint density at radius 3 is 2.95 bits per heavy atom. The molecule has 0 saturated carbocycles. The molecule has 0 radical (unpaired) electrons. The zero-order valence-corrected chi connectivity index (χ0v) is 12.4. The highest BCUT2D eigenvalue weighted by atomic mass is 32.2. The smallest absolute Gasteiger partial charge is 0.239 e. The molecule has 0 aliphatic carbocycles. The van der Waals surface area contributed by atoms with E-state index in [1.165, 1.54) is 11.8 Å². The lowest BCUT2D eigenvalue weighted by molar-refractivity contribution is -0.133. The number of ether oxygens (including phenoxy) is 1. The number of benzene rings is 1. The van der Waals surface area contributed by atoms with Crippen molar-refractivity contribution < 1.29 is 14.3 Å². The van der Waals surface area contributed by atoms with Gasteiger partial charge in [-0.05, 0) is 13.0 Å². The number of para-hydroxylation sites is 1.